The number of primary amides is 2. The van der Waals surface area contributed by atoms with Gasteiger partial charge in [-0.2, -0.15) is 0 Å². The monoisotopic (exact) mass is 1560 g/mol. The molecule has 0 radical (unpaired) electrons. The van der Waals surface area contributed by atoms with Crippen LogP contribution in [0.2, 0.25) is 0 Å². The van der Waals surface area contributed by atoms with Crippen molar-refractivity contribution in [3.63, 3.8) is 0 Å². The standard InChI is InChI=1S/C69H111N17O20S2/c1-3-4-14-46(79-55(90)20-19-54(89)76-24-10-31-104-33-35-106-36-34-105-32-11-25-77-61(95)45(39-74-27-22-70)40-75-28-23-71)63(97)83-50(68(102)86-30-9-16-52(86)69(103)85-29-8-15-51(85)60(73)94)42-108-59-58(66(100)84-67(59)101)107-41-49(62(96)78-26-21-57(92)93)82-65(99)48(38-44-12-6-5-7-13-44)81-64(98)47(17-18-53(72)88)80-56(91)37-43(2)87/h5-7,12-13,43,45-52,74-75,87H,3-4,8-11,14-42,70-71H2,1-2H3,(H2,72,88)(H2,73,94)(H,76,89)(H,77,95)(H,78,96)(H,79,90)(H,80,91)(H,81,98)(H,82,99)(H,83,97)(H,92,93)(H,84,100,101)/t43-,46+,47+,48+,49+,50+,51+,52+/m1/s1. The van der Waals surface area contributed by atoms with Gasteiger partial charge in [-0.1, -0.05) is 50.1 Å². The number of aliphatic carboxylic acids is 1. The molecule has 3 aliphatic rings. The van der Waals surface area contributed by atoms with E-state index in [1.54, 1.807) is 30.3 Å². The summed E-state index contributed by atoms with van der Waals surface area (Å²) in [6.45, 7) is 8.77. The Labute approximate surface area is 636 Å². The second-order valence-corrected chi connectivity index (χ2v) is 28.0. The van der Waals surface area contributed by atoms with E-state index in [9.17, 15) is 77.3 Å². The third kappa shape index (κ3) is 34.9. The number of nitrogens with zero attached hydrogens (tertiary/aromatic N) is 2. The number of carboxylic acid groups (broad SMARTS) is 1. The first-order chi connectivity index (χ1) is 51.8. The molecule has 3 heterocycles. The number of likely N-dealkylation sites (tertiary alicyclic amines) is 2. The summed E-state index contributed by atoms with van der Waals surface area (Å²) in [5.41, 5.74) is 22.7. The number of hydrogen-bond acceptors (Lipinski definition) is 25. The Kier molecular flexibility index (Phi) is 44.1. The zero-order valence-electron chi connectivity index (χ0n) is 61.6. The van der Waals surface area contributed by atoms with Crippen LogP contribution < -0.4 is 81.4 Å². The van der Waals surface area contributed by atoms with Crippen LogP contribution in [0, 0.1) is 5.92 Å². The lowest BCUT2D eigenvalue weighted by Crippen LogP contribution is -2.58. The minimum Gasteiger partial charge on any atom is -0.481 e. The maximum Gasteiger partial charge on any atom is 0.305 e. The number of carbonyl (C=O) groups excluding carboxylic acids is 14. The number of aliphatic hydroxyl groups is 1. The number of benzene rings is 1. The predicted molar refractivity (Wildman–Crippen MR) is 397 cm³/mol. The maximum absolute atomic E-state index is 15.0. The third-order valence-electron chi connectivity index (χ3n) is 17.1. The third-order valence-corrected chi connectivity index (χ3v) is 19.6. The van der Waals surface area contributed by atoms with E-state index >= 15 is 4.79 Å². The Morgan fingerprint density at radius 1 is 0.565 bits per heavy atom. The molecule has 0 saturated carbocycles. The SMILES string of the molecule is CCCC[C@H](NC(=O)CCC(=O)NCCCOCCOCCOCCCNC(=O)C(CNCCN)CNCCN)C(=O)N[C@@H](CSC1=C(SC[C@H](NC(=O)[C@H](Cc2ccccc2)NC(=O)[C@H](CCC(N)=O)NC(=O)C[C@@H](C)O)C(=O)NCCC(=O)O)C(=O)NC1=O)C(=O)N1CCC[C@H]1C(=O)N1CCC[C@H]1C(N)=O. The molecule has 37 nitrogen and oxygen atoms in total. The molecule has 0 aliphatic carbocycles. The van der Waals surface area contributed by atoms with E-state index in [2.05, 4.69) is 58.5 Å². The Hall–Kier alpha value is -8.41. The highest BCUT2D eigenvalue weighted by molar-refractivity contribution is 8.08. The van der Waals surface area contributed by atoms with Gasteiger partial charge in [0.15, 0.2) is 0 Å². The van der Waals surface area contributed by atoms with Gasteiger partial charge < -0.3 is 110 Å². The van der Waals surface area contributed by atoms with E-state index in [0.29, 0.717) is 153 Å². The fourth-order valence-corrected chi connectivity index (χ4v) is 13.8. The summed E-state index contributed by atoms with van der Waals surface area (Å²) in [6.07, 6.45) is -0.208. The topological polar surface area (TPSA) is 567 Å². The summed E-state index contributed by atoms with van der Waals surface area (Å²) in [7, 11) is 0. The zero-order valence-corrected chi connectivity index (χ0v) is 63.2. The lowest BCUT2D eigenvalue weighted by Gasteiger charge is -2.33. The second kappa shape index (κ2) is 51.8. The second-order valence-electron chi connectivity index (χ2n) is 26.0. The molecular formula is C69H111N17O20S2. The molecule has 2 fully saturated rings. The molecule has 0 aromatic heterocycles. The normalized spacial score (nSPS) is 16.5. The van der Waals surface area contributed by atoms with Gasteiger partial charge in [0, 0.05) is 122 Å². The Morgan fingerprint density at radius 2 is 1.08 bits per heavy atom. The number of aliphatic hydroxyl groups excluding tert-OH is 1. The number of nitrogens with two attached hydrogens (primary N) is 4. The number of nitrogens with one attached hydrogen (secondary N) is 11. The van der Waals surface area contributed by atoms with E-state index < -0.39 is 162 Å². The zero-order chi connectivity index (χ0) is 79.3. The van der Waals surface area contributed by atoms with E-state index in [-0.39, 0.29) is 92.8 Å². The van der Waals surface area contributed by atoms with Crippen LogP contribution in [-0.4, -0.2) is 280 Å². The van der Waals surface area contributed by atoms with Crippen LogP contribution in [0.4, 0.5) is 0 Å². The molecule has 2 saturated heterocycles. The van der Waals surface area contributed by atoms with Crippen LogP contribution >= 0.6 is 23.5 Å². The Balaban J connectivity index is 1.44. The highest BCUT2D eigenvalue weighted by Crippen LogP contribution is 2.34. The van der Waals surface area contributed by atoms with E-state index in [1.807, 2.05) is 6.92 Å². The van der Waals surface area contributed by atoms with Crippen molar-refractivity contribution in [1.82, 2.24) is 68.3 Å². The summed E-state index contributed by atoms with van der Waals surface area (Å²) in [4.78, 5) is 204. The van der Waals surface area contributed by atoms with Crippen molar-refractivity contribution in [3.8, 4) is 0 Å². The van der Waals surface area contributed by atoms with Gasteiger partial charge in [-0.25, -0.2) is 0 Å². The minimum absolute atomic E-state index is 0.0217. The van der Waals surface area contributed by atoms with Gasteiger partial charge in [0.25, 0.3) is 11.8 Å². The highest BCUT2D eigenvalue weighted by Gasteiger charge is 2.44. The van der Waals surface area contributed by atoms with Gasteiger partial charge in [-0.05, 0) is 63.9 Å². The number of thioether (sulfide) groups is 2. The molecule has 0 unspecified atom stereocenters. The van der Waals surface area contributed by atoms with Crippen molar-refractivity contribution in [2.24, 2.45) is 28.9 Å². The Morgan fingerprint density at radius 3 is 1.66 bits per heavy atom. The molecule has 604 valence electrons. The molecule has 1 aromatic rings. The number of amides is 14. The fourth-order valence-electron chi connectivity index (χ4n) is 11.5. The average Bonchev–Trinajstić information content (AvgIpc) is 1.64. The van der Waals surface area contributed by atoms with Crippen LogP contribution in [0.5, 0.6) is 0 Å². The molecule has 108 heavy (non-hydrogen) atoms. The smallest absolute Gasteiger partial charge is 0.305 e. The highest BCUT2D eigenvalue weighted by atomic mass is 32.2. The molecule has 3 aliphatic heterocycles. The predicted octanol–water partition coefficient (Wildman–Crippen LogP) is -5.17. The summed E-state index contributed by atoms with van der Waals surface area (Å²) in [5, 5.41) is 48.8. The number of carbonyl (C=O) groups is 15. The van der Waals surface area contributed by atoms with Gasteiger partial charge in [0.05, 0.1) is 61.1 Å². The number of hydrogen-bond donors (Lipinski definition) is 17. The van der Waals surface area contributed by atoms with Crippen molar-refractivity contribution in [2.45, 2.75) is 165 Å². The van der Waals surface area contributed by atoms with Gasteiger partial charge in [0.2, 0.25) is 70.9 Å². The number of imide groups is 1. The molecule has 21 N–H and O–H groups in total. The van der Waals surface area contributed by atoms with Crippen molar-refractivity contribution < 1.29 is 96.3 Å². The van der Waals surface area contributed by atoms with Crippen LogP contribution in [0.3, 0.4) is 0 Å². The number of rotatable bonds is 57. The summed E-state index contributed by atoms with van der Waals surface area (Å²) in [5.74, 6) is -13.1. The van der Waals surface area contributed by atoms with Crippen LogP contribution in [-0.2, 0) is 92.5 Å². The molecule has 4 rings (SSSR count). The number of ether oxygens (including phenoxy) is 3. The first kappa shape index (κ1) is 92.0. The maximum atomic E-state index is 15.0. The quantitative estimate of drug-likeness (QED) is 0.0214. The number of carboxylic acids is 1. The van der Waals surface area contributed by atoms with Gasteiger partial charge in [-0.3, -0.25) is 77.2 Å². The van der Waals surface area contributed by atoms with Crippen LogP contribution in [0.15, 0.2) is 40.1 Å². The summed E-state index contributed by atoms with van der Waals surface area (Å²) in [6, 6.07) is -1.27. The molecular weight excluding hydrogens is 1450 g/mol. The molecule has 39 heteroatoms. The fraction of sp³-hybridized carbons (Fsp3) is 0.667. The molecule has 0 bridgehead atoms. The first-order valence-electron chi connectivity index (χ1n) is 36.6. The lowest BCUT2D eigenvalue weighted by atomic mass is 10.0. The van der Waals surface area contributed by atoms with Crippen molar-refractivity contribution in [2.75, 3.05) is 123 Å². The van der Waals surface area contributed by atoms with Crippen LogP contribution in [0.25, 0.3) is 0 Å². The van der Waals surface area contributed by atoms with Gasteiger partial charge in [0.1, 0.15) is 42.3 Å². The van der Waals surface area contributed by atoms with Gasteiger partial charge >= 0.3 is 5.97 Å². The largest absolute Gasteiger partial charge is 0.481 e. The number of unbranched alkanes of at least 4 members (excludes halogenated alkanes) is 1. The molecule has 0 spiro atoms. The Bertz CT molecular complexity index is 3170. The lowest BCUT2D eigenvalue weighted by molar-refractivity contribution is -0.147. The van der Waals surface area contributed by atoms with Crippen LogP contribution in [0.1, 0.15) is 116 Å². The van der Waals surface area contributed by atoms with Crippen molar-refractivity contribution >= 4 is 112 Å². The molecule has 14 amide bonds. The average molecular weight is 1560 g/mol. The molecule has 8 atom stereocenters. The first-order valence-corrected chi connectivity index (χ1v) is 38.6. The van der Waals surface area contributed by atoms with E-state index in [1.165, 1.54) is 16.7 Å². The van der Waals surface area contributed by atoms with E-state index in [4.69, 9.17) is 37.1 Å². The van der Waals surface area contributed by atoms with Crippen molar-refractivity contribution in [1.29, 1.82) is 0 Å². The van der Waals surface area contributed by atoms with E-state index in [0.717, 1.165) is 0 Å². The molecule has 1 aromatic carbocycles. The summed E-state index contributed by atoms with van der Waals surface area (Å²) < 4.78 is 16.8. The van der Waals surface area contributed by atoms with Gasteiger partial charge in [-0.15, -0.1) is 23.5 Å². The van der Waals surface area contributed by atoms with Crippen molar-refractivity contribution in [3.05, 3.63) is 45.7 Å². The minimum atomic E-state index is -1.66. The summed E-state index contributed by atoms with van der Waals surface area (Å²) >= 11 is 1.25.